The highest BCUT2D eigenvalue weighted by Gasteiger charge is 2.25. The van der Waals surface area contributed by atoms with Gasteiger partial charge in [0.2, 0.25) is 10.0 Å². The maximum absolute atomic E-state index is 12.9. The summed E-state index contributed by atoms with van der Waals surface area (Å²) in [6, 6.07) is 10.1. The third-order valence-corrected chi connectivity index (χ3v) is 7.27. The van der Waals surface area contributed by atoms with Crippen LogP contribution in [0.4, 0.5) is 0 Å². The highest BCUT2D eigenvalue weighted by Crippen LogP contribution is 2.27. The van der Waals surface area contributed by atoms with Crippen molar-refractivity contribution in [2.45, 2.75) is 32.7 Å². The van der Waals surface area contributed by atoms with E-state index in [4.69, 9.17) is 0 Å². The standard InChI is InChI=1S/C20H26N2O2S2/c1-3-22(4-2)20(18-11-12-25-15-18)14-21-26(23,24)19-10-9-16-7-5-6-8-17(16)13-19/h5-8,11-13,15,20-21H,3-4,9-10,14H2,1-2H3. The number of sulfonamides is 1. The Morgan fingerprint density at radius 1 is 1.15 bits per heavy atom. The molecule has 6 heteroatoms. The van der Waals surface area contributed by atoms with Gasteiger partial charge in [-0.1, -0.05) is 38.1 Å². The van der Waals surface area contributed by atoms with E-state index in [1.165, 1.54) is 11.1 Å². The Balaban J connectivity index is 1.78. The minimum Gasteiger partial charge on any atom is -0.296 e. The fourth-order valence-corrected chi connectivity index (χ4v) is 5.41. The summed E-state index contributed by atoms with van der Waals surface area (Å²) in [6.45, 7) is 6.37. The minimum atomic E-state index is -3.47. The number of likely N-dealkylation sites (N-methyl/N-ethyl adjacent to an activating group) is 1. The van der Waals surface area contributed by atoms with Crippen molar-refractivity contribution in [3.05, 3.63) is 62.7 Å². The zero-order valence-electron chi connectivity index (χ0n) is 15.3. The average Bonchev–Trinajstić information content (AvgIpc) is 3.19. The minimum absolute atomic E-state index is 0.0579. The van der Waals surface area contributed by atoms with Gasteiger partial charge in [-0.25, -0.2) is 13.1 Å². The van der Waals surface area contributed by atoms with Gasteiger partial charge in [-0.2, -0.15) is 11.3 Å². The maximum Gasteiger partial charge on any atom is 0.236 e. The Kier molecular flexibility index (Phi) is 6.29. The zero-order chi connectivity index (χ0) is 18.6. The summed E-state index contributed by atoms with van der Waals surface area (Å²) in [6.07, 6.45) is 3.14. The lowest BCUT2D eigenvalue weighted by atomic mass is 9.98. The van der Waals surface area contributed by atoms with E-state index in [1.807, 2.05) is 29.7 Å². The summed E-state index contributed by atoms with van der Waals surface area (Å²) in [5.41, 5.74) is 3.40. The van der Waals surface area contributed by atoms with Gasteiger partial charge in [0, 0.05) is 12.6 Å². The molecular weight excluding hydrogens is 364 g/mol. The molecule has 0 bridgehead atoms. The van der Waals surface area contributed by atoms with Crippen molar-refractivity contribution in [1.82, 2.24) is 9.62 Å². The molecule has 2 aromatic rings. The van der Waals surface area contributed by atoms with Gasteiger partial charge in [0.1, 0.15) is 0 Å². The topological polar surface area (TPSA) is 49.4 Å². The highest BCUT2D eigenvalue weighted by molar-refractivity contribution is 7.93. The van der Waals surface area contributed by atoms with Gasteiger partial charge in [-0.3, -0.25) is 4.90 Å². The first-order chi connectivity index (χ1) is 12.5. The van der Waals surface area contributed by atoms with Crippen LogP contribution in [0.2, 0.25) is 0 Å². The van der Waals surface area contributed by atoms with Crippen molar-refractivity contribution in [3.63, 3.8) is 0 Å². The van der Waals surface area contributed by atoms with Crippen LogP contribution in [-0.4, -0.2) is 33.0 Å². The molecule has 1 aliphatic rings. The number of thiophene rings is 1. The predicted octanol–water partition coefficient (Wildman–Crippen LogP) is 4.04. The van der Waals surface area contributed by atoms with E-state index >= 15 is 0 Å². The molecule has 0 saturated heterocycles. The quantitative estimate of drug-likeness (QED) is 0.740. The van der Waals surface area contributed by atoms with Crippen LogP contribution in [0.5, 0.6) is 0 Å². The summed E-state index contributed by atoms with van der Waals surface area (Å²) in [4.78, 5) is 2.77. The number of allylic oxidation sites excluding steroid dienone is 1. The third-order valence-electron chi connectivity index (χ3n) is 5.01. The second-order valence-electron chi connectivity index (χ2n) is 6.46. The summed E-state index contributed by atoms with van der Waals surface area (Å²) >= 11 is 1.64. The van der Waals surface area contributed by atoms with Crippen LogP contribution in [0.25, 0.3) is 6.08 Å². The number of hydrogen-bond donors (Lipinski definition) is 1. The fourth-order valence-electron chi connectivity index (χ4n) is 3.49. The molecule has 4 nitrogen and oxygen atoms in total. The predicted molar refractivity (Wildman–Crippen MR) is 110 cm³/mol. The van der Waals surface area contributed by atoms with Gasteiger partial charge in [-0.05, 0) is 65.5 Å². The first-order valence-corrected chi connectivity index (χ1v) is 11.5. The van der Waals surface area contributed by atoms with Gasteiger partial charge >= 0.3 is 0 Å². The molecule has 1 aromatic carbocycles. The number of fused-ring (bicyclic) bond motifs is 1. The van der Waals surface area contributed by atoms with Crippen molar-refractivity contribution in [2.24, 2.45) is 0 Å². The van der Waals surface area contributed by atoms with Crippen molar-refractivity contribution in [2.75, 3.05) is 19.6 Å². The average molecular weight is 391 g/mol. The normalized spacial score (nSPS) is 15.6. The molecule has 1 aliphatic carbocycles. The Morgan fingerprint density at radius 2 is 1.92 bits per heavy atom. The molecule has 0 amide bonds. The van der Waals surface area contributed by atoms with E-state index in [0.717, 1.165) is 25.1 Å². The lowest BCUT2D eigenvalue weighted by molar-refractivity contribution is 0.220. The molecule has 140 valence electrons. The first kappa shape index (κ1) is 19.3. The van der Waals surface area contributed by atoms with Crippen molar-refractivity contribution >= 4 is 27.4 Å². The summed E-state index contributed by atoms with van der Waals surface area (Å²) in [5.74, 6) is 0. The molecule has 1 heterocycles. The number of rotatable bonds is 8. The molecular formula is C20H26N2O2S2. The van der Waals surface area contributed by atoms with Crippen LogP contribution in [0.3, 0.4) is 0 Å². The van der Waals surface area contributed by atoms with Crippen LogP contribution in [0.1, 0.15) is 43.0 Å². The molecule has 0 radical (unpaired) electrons. The maximum atomic E-state index is 12.9. The SMILES string of the molecule is CCN(CC)C(CNS(=O)(=O)C1=Cc2ccccc2CC1)c1ccsc1. The van der Waals surface area contributed by atoms with Gasteiger partial charge in [-0.15, -0.1) is 0 Å². The number of hydrogen-bond acceptors (Lipinski definition) is 4. The molecule has 26 heavy (non-hydrogen) atoms. The Bertz CT molecular complexity index is 854. The molecule has 0 fully saturated rings. The van der Waals surface area contributed by atoms with Gasteiger partial charge in [0.15, 0.2) is 0 Å². The van der Waals surface area contributed by atoms with Crippen LogP contribution in [0.15, 0.2) is 46.0 Å². The van der Waals surface area contributed by atoms with Crippen LogP contribution in [0, 0.1) is 0 Å². The highest BCUT2D eigenvalue weighted by atomic mass is 32.2. The summed E-state index contributed by atoms with van der Waals surface area (Å²) in [5, 5.41) is 4.15. The molecule has 1 aromatic heterocycles. The Morgan fingerprint density at radius 3 is 2.62 bits per heavy atom. The molecule has 0 spiro atoms. The third kappa shape index (κ3) is 4.26. The molecule has 1 N–H and O–H groups in total. The lowest BCUT2D eigenvalue weighted by Crippen LogP contribution is -2.38. The fraction of sp³-hybridized carbons (Fsp3) is 0.400. The number of nitrogens with one attached hydrogen (secondary N) is 1. The smallest absolute Gasteiger partial charge is 0.236 e. The van der Waals surface area contributed by atoms with Gasteiger partial charge in [0.25, 0.3) is 0 Å². The molecule has 1 unspecified atom stereocenters. The van der Waals surface area contributed by atoms with E-state index in [9.17, 15) is 8.42 Å². The van der Waals surface area contributed by atoms with E-state index < -0.39 is 10.0 Å². The molecule has 0 aliphatic heterocycles. The largest absolute Gasteiger partial charge is 0.296 e. The number of aryl methyl sites for hydroxylation is 1. The van der Waals surface area contributed by atoms with Crippen LogP contribution in [-0.2, 0) is 16.4 Å². The number of nitrogens with zero attached hydrogens (tertiary/aromatic N) is 1. The molecule has 3 rings (SSSR count). The van der Waals surface area contributed by atoms with Crippen LogP contribution < -0.4 is 4.72 Å². The Labute approximate surface area is 160 Å². The van der Waals surface area contributed by atoms with Crippen molar-refractivity contribution < 1.29 is 8.42 Å². The summed E-state index contributed by atoms with van der Waals surface area (Å²) < 4.78 is 28.6. The number of benzene rings is 1. The zero-order valence-corrected chi connectivity index (χ0v) is 16.9. The first-order valence-electron chi connectivity index (χ1n) is 9.09. The molecule has 1 atom stereocenters. The van der Waals surface area contributed by atoms with E-state index in [-0.39, 0.29) is 6.04 Å². The van der Waals surface area contributed by atoms with Crippen LogP contribution >= 0.6 is 11.3 Å². The van der Waals surface area contributed by atoms with E-state index in [0.29, 0.717) is 17.9 Å². The van der Waals surface area contributed by atoms with Crippen molar-refractivity contribution in [3.8, 4) is 0 Å². The molecule has 0 saturated carbocycles. The second-order valence-corrected chi connectivity index (χ2v) is 9.06. The monoisotopic (exact) mass is 390 g/mol. The van der Waals surface area contributed by atoms with Gasteiger partial charge in [0.05, 0.1) is 4.91 Å². The van der Waals surface area contributed by atoms with Gasteiger partial charge < -0.3 is 0 Å². The van der Waals surface area contributed by atoms with E-state index in [1.54, 1.807) is 11.3 Å². The van der Waals surface area contributed by atoms with E-state index in [2.05, 4.69) is 41.0 Å². The second kappa shape index (κ2) is 8.48. The Hall–Kier alpha value is -1.47. The summed E-state index contributed by atoms with van der Waals surface area (Å²) in [7, 11) is -3.47. The van der Waals surface area contributed by atoms with Crippen molar-refractivity contribution in [1.29, 1.82) is 0 Å². The lowest BCUT2D eigenvalue weighted by Gasteiger charge is -2.29.